The number of hydrogen-bond donors (Lipinski definition) is 2. The number of urea groups is 1. The molecule has 0 saturated carbocycles. The summed E-state index contributed by atoms with van der Waals surface area (Å²) in [4.78, 5) is 14.7. The number of rotatable bonds is 4. The summed E-state index contributed by atoms with van der Waals surface area (Å²) in [5, 5.41) is 9.70. The summed E-state index contributed by atoms with van der Waals surface area (Å²) in [5.74, 6) is 0.368. The minimum Gasteiger partial charge on any atom is -0.497 e. The second kappa shape index (κ2) is 7.36. The predicted molar refractivity (Wildman–Crippen MR) is 97.0 cm³/mol. The zero-order valence-corrected chi connectivity index (χ0v) is 15.5. The molecule has 0 spiro atoms. The first kappa shape index (κ1) is 18.2. The maximum absolute atomic E-state index is 12.8. The van der Waals surface area contributed by atoms with Crippen molar-refractivity contribution < 1.29 is 17.9 Å². The van der Waals surface area contributed by atoms with Crippen LogP contribution in [-0.4, -0.2) is 49.5 Å². The minimum atomic E-state index is -3.42. The summed E-state index contributed by atoms with van der Waals surface area (Å²) in [6, 6.07) is 5.97. The standard InChI is InChI=1S/C17H22N4O4S/c1-25-13-9-12(10-14(11-13)26(2,23)24)19-17(22)21-8-4-3-5-16(21)15-6-7-18-20-15/h6-7,9-11,16H,3-5,8H2,1-2H3,(H,18,20)(H,19,22). The van der Waals surface area contributed by atoms with Gasteiger partial charge in [0.15, 0.2) is 9.84 Å². The van der Waals surface area contributed by atoms with Gasteiger partial charge < -0.3 is 15.0 Å². The second-order valence-corrected chi connectivity index (χ2v) is 8.33. The molecule has 0 bridgehead atoms. The average molecular weight is 378 g/mol. The van der Waals surface area contributed by atoms with Crippen LogP contribution in [0.2, 0.25) is 0 Å². The number of benzene rings is 1. The summed E-state index contributed by atoms with van der Waals surface area (Å²) in [5.41, 5.74) is 1.27. The van der Waals surface area contributed by atoms with Crippen LogP contribution in [-0.2, 0) is 9.84 Å². The molecule has 0 radical (unpaired) electrons. The van der Waals surface area contributed by atoms with E-state index < -0.39 is 9.84 Å². The molecular weight excluding hydrogens is 356 g/mol. The molecule has 140 valence electrons. The largest absolute Gasteiger partial charge is 0.497 e. The summed E-state index contributed by atoms with van der Waals surface area (Å²) < 4.78 is 28.9. The first-order chi connectivity index (χ1) is 12.4. The third-order valence-electron chi connectivity index (χ3n) is 4.44. The number of carbonyl (C=O) groups is 1. The van der Waals surface area contributed by atoms with Crippen LogP contribution in [0, 0.1) is 0 Å². The van der Waals surface area contributed by atoms with Gasteiger partial charge in [-0.2, -0.15) is 5.10 Å². The van der Waals surface area contributed by atoms with E-state index in [9.17, 15) is 13.2 Å². The highest BCUT2D eigenvalue weighted by atomic mass is 32.2. The Balaban J connectivity index is 1.84. The van der Waals surface area contributed by atoms with Gasteiger partial charge in [0, 0.05) is 30.8 Å². The Morgan fingerprint density at radius 1 is 1.35 bits per heavy atom. The molecule has 1 fully saturated rings. The lowest BCUT2D eigenvalue weighted by Gasteiger charge is -2.35. The molecule has 2 aromatic rings. The number of methoxy groups -OCH3 is 1. The number of piperidine rings is 1. The zero-order chi connectivity index (χ0) is 18.7. The van der Waals surface area contributed by atoms with Crippen molar-refractivity contribution in [3.8, 4) is 5.75 Å². The van der Waals surface area contributed by atoms with E-state index in [-0.39, 0.29) is 17.0 Å². The monoisotopic (exact) mass is 378 g/mol. The molecule has 26 heavy (non-hydrogen) atoms. The van der Waals surface area contributed by atoms with Crippen molar-refractivity contribution in [2.24, 2.45) is 0 Å². The zero-order valence-electron chi connectivity index (χ0n) is 14.7. The number of amides is 2. The van der Waals surface area contributed by atoms with E-state index in [2.05, 4.69) is 15.5 Å². The molecule has 0 aliphatic carbocycles. The molecule has 1 aliphatic heterocycles. The van der Waals surface area contributed by atoms with E-state index in [1.54, 1.807) is 17.2 Å². The van der Waals surface area contributed by atoms with Crippen LogP contribution in [0.1, 0.15) is 31.0 Å². The van der Waals surface area contributed by atoms with E-state index in [4.69, 9.17) is 4.74 Å². The number of hydrogen-bond acceptors (Lipinski definition) is 5. The van der Waals surface area contributed by atoms with E-state index in [0.717, 1.165) is 31.2 Å². The third kappa shape index (κ3) is 3.98. The molecule has 3 rings (SSSR count). The number of likely N-dealkylation sites (tertiary alicyclic amines) is 1. The van der Waals surface area contributed by atoms with Gasteiger partial charge in [0.2, 0.25) is 0 Å². The molecule has 8 nitrogen and oxygen atoms in total. The third-order valence-corrected chi connectivity index (χ3v) is 5.53. The van der Waals surface area contributed by atoms with Crippen LogP contribution < -0.4 is 10.1 Å². The minimum absolute atomic E-state index is 0.0776. The highest BCUT2D eigenvalue weighted by Gasteiger charge is 2.29. The van der Waals surface area contributed by atoms with Gasteiger partial charge >= 0.3 is 6.03 Å². The highest BCUT2D eigenvalue weighted by Crippen LogP contribution is 2.31. The summed E-state index contributed by atoms with van der Waals surface area (Å²) >= 11 is 0. The Hall–Kier alpha value is -2.55. The molecule has 1 unspecified atom stereocenters. The average Bonchev–Trinajstić information content (AvgIpc) is 3.15. The van der Waals surface area contributed by atoms with Crippen LogP contribution in [0.15, 0.2) is 35.4 Å². The predicted octanol–water partition coefficient (Wildman–Crippen LogP) is 2.58. The lowest BCUT2D eigenvalue weighted by Crippen LogP contribution is -2.41. The molecule has 2 amide bonds. The summed E-state index contributed by atoms with van der Waals surface area (Å²) in [7, 11) is -1.97. The Morgan fingerprint density at radius 2 is 2.15 bits per heavy atom. The van der Waals surface area contributed by atoms with Gasteiger partial charge in [-0.1, -0.05) is 0 Å². The van der Waals surface area contributed by atoms with Gasteiger partial charge in [-0.3, -0.25) is 5.10 Å². The molecular formula is C17H22N4O4S. The van der Waals surface area contributed by atoms with E-state index in [0.29, 0.717) is 18.0 Å². The number of nitrogens with zero attached hydrogens (tertiary/aromatic N) is 2. The van der Waals surface area contributed by atoms with Crippen molar-refractivity contribution in [1.29, 1.82) is 0 Å². The fraction of sp³-hybridized carbons (Fsp3) is 0.412. The van der Waals surface area contributed by atoms with E-state index >= 15 is 0 Å². The molecule has 1 aromatic heterocycles. The molecule has 1 atom stereocenters. The molecule has 1 aromatic carbocycles. The van der Waals surface area contributed by atoms with E-state index in [1.807, 2.05) is 6.07 Å². The molecule has 2 N–H and O–H groups in total. The van der Waals surface area contributed by atoms with Crippen molar-refractivity contribution in [3.05, 3.63) is 36.2 Å². The van der Waals surface area contributed by atoms with Gasteiger partial charge in [0.05, 0.1) is 23.7 Å². The number of aromatic nitrogens is 2. The molecule has 1 saturated heterocycles. The van der Waals surface area contributed by atoms with Crippen molar-refractivity contribution in [2.75, 3.05) is 25.2 Å². The molecule has 1 aliphatic rings. The SMILES string of the molecule is COc1cc(NC(=O)N2CCCCC2c2ccn[nH]2)cc(S(C)(=O)=O)c1. The number of aromatic amines is 1. The van der Waals surface area contributed by atoms with Gasteiger partial charge in [0.1, 0.15) is 5.75 Å². The summed E-state index contributed by atoms with van der Waals surface area (Å²) in [6.45, 7) is 0.623. The highest BCUT2D eigenvalue weighted by molar-refractivity contribution is 7.90. The summed E-state index contributed by atoms with van der Waals surface area (Å²) in [6.07, 6.45) is 5.59. The lowest BCUT2D eigenvalue weighted by molar-refractivity contribution is 0.161. The fourth-order valence-corrected chi connectivity index (χ4v) is 3.79. The topological polar surface area (TPSA) is 104 Å². The second-order valence-electron chi connectivity index (χ2n) is 6.32. The van der Waals surface area contributed by atoms with Gasteiger partial charge in [-0.25, -0.2) is 13.2 Å². The number of H-pyrrole nitrogens is 1. The van der Waals surface area contributed by atoms with Gasteiger partial charge in [-0.15, -0.1) is 0 Å². The van der Waals surface area contributed by atoms with Crippen LogP contribution in [0.3, 0.4) is 0 Å². The number of carbonyl (C=O) groups excluding carboxylic acids is 1. The van der Waals surface area contributed by atoms with Crippen LogP contribution in [0.5, 0.6) is 5.75 Å². The van der Waals surface area contributed by atoms with Crippen molar-refractivity contribution in [2.45, 2.75) is 30.2 Å². The Bertz CT molecular complexity index is 880. The normalized spacial score (nSPS) is 17.8. The van der Waals surface area contributed by atoms with Gasteiger partial charge in [-0.05, 0) is 37.5 Å². The van der Waals surface area contributed by atoms with Crippen molar-refractivity contribution in [1.82, 2.24) is 15.1 Å². The first-order valence-corrected chi connectivity index (χ1v) is 10.2. The van der Waals surface area contributed by atoms with Crippen LogP contribution in [0.4, 0.5) is 10.5 Å². The lowest BCUT2D eigenvalue weighted by atomic mass is 10.00. The molecule has 2 heterocycles. The quantitative estimate of drug-likeness (QED) is 0.851. The van der Waals surface area contributed by atoms with Crippen LogP contribution >= 0.6 is 0 Å². The van der Waals surface area contributed by atoms with Crippen molar-refractivity contribution in [3.63, 3.8) is 0 Å². The number of sulfone groups is 1. The van der Waals surface area contributed by atoms with Crippen LogP contribution in [0.25, 0.3) is 0 Å². The van der Waals surface area contributed by atoms with Crippen molar-refractivity contribution >= 4 is 21.6 Å². The number of anilines is 1. The smallest absolute Gasteiger partial charge is 0.322 e. The maximum Gasteiger partial charge on any atom is 0.322 e. The Labute approximate surface area is 152 Å². The molecule has 9 heteroatoms. The Kier molecular flexibility index (Phi) is 5.17. The number of ether oxygens (including phenoxy) is 1. The maximum atomic E-state index is 12.8. The number of nitrogens with one attached hydrogen (secondary N) is 2. The fourth-order valence-electron chi connectivity index (χ4n) is 3.12. The Morgan fingerprint density at radius 3 is 2.81 bits per heavy atom. The van der Waals surface area contributed by atoms with Gasteiger partial charge in [0.25, 0.3) is 0 Å². The first-order valence-electron chi connectivity index (χ1n) is 8.34. The van der Waals surface area contributed by atoms with E-state index in [1.165, 1.54) is 19.2 Å².